The minimum atomic E-state index is -0.566. The minimum absolute atomic E-state index is 0.0296. The molecule has 0 radical (unpaired) electrons. The number of carbonyl (C=O) groups excluding carboxylic acids is 3. The molecule has 0 spiro atoms. The Hall–Kier alpha value is -5.14. The minimum Gasteiger partial charge on any atom is -0.444 e. The summed E-state index contributed by atoms with van der Waals surface area (Å²) in [4.78, 5) is 37.7. The fraction of sp³-hybridized carbons (Fsp3) is 0.421. The summed E-state index contributed by atoms with van der Waals surface area (Å²) in [6, 6.07) is 22.4. The first-order valence-corrected chi connectivity index (χ1v) is 17.5. The third kappa shape index (κ3) is 9.98. The summed E-state index contributed by atoms with van der Waals surface area (Å²) in [5, 5.41) is 26.5. The van der Waals surface area contributed by atoms with E-state index in [9.17, 15) is 14.4 Å². The average molecular weight is 695 g/mol. The Morgan fingerprint density at radius 1 is 0.922 bits per heavy atom. The zero-order valence-corrected chi connectivity index (χ0v) is 29.4. The predicted octanol–water partition coefficient (Wildman–Crippen LogP) is 5.69. The first-order chi connectivity index (χ1) is 24.5. The van der Waals surface area contributed by atoms with Crippen molar-refractivity contribution in [2.45, 2.75) is 83.8 Å². The Bertz CT molecular complexity index is 1780. The highest BCUT2D eigenvalue weighted by molar-refractivity contribution is 5.95. The van der Waals surface area contributed by atoms with Crippen LogP contribution in [0.2, 0.25) is 0 Å². The Kier molecular flexibility index (Phi) is 11.1. The Morgan fingerprint density at radius 3 is 2.29 bits per heavy atom. The number of rotatable bonds is 12. The molecule has 2 fully saturated rings. The number of para-hydroxylation sites is 1. The van der Waals surface area contributed by atoms with Crippen LogP contribution in [0.4, 0.5) is 16.2 Å². The molecule has 13 heteroatoms. The van der Waals surface area contributed by atoms with Gasteiger partial charge in [0.2, 0.25) is 17.6 Å². The van der Waals surface area contributed by atoms with Crippen LogP contribution in [0, 0.1) is 11.8 Å². The van der Waals surface area contributed by atoms with Crippen molar-refractivity contribution in [2.75, 3.05) is 17.2 Å². The van der Waals surface area contributed by atoms with Crippen LogP contribution < -0.4 is 21.3 Å². The lowest BCUT2D eigenvalue weighted by molar-refractivity contribution is -0.118. The molecule has 268 valence electrons. The fourth-order valence-corrected chi connectivity index (χ4v) is 6.61. The second-order valence-electron chi connectivity index (χ2n) is 14.3. The van der Waals surface area contributed by atoms with E-state index in [1.54, 1.807) is 0 Å². The van der Waals surface area contributed by atoms with Crippen LogP contribution >= 0.6 is 0 Å². The van der Waals surface area contributed by atoms with Gasteiger partial charge in [0.25, 0.3) is 0 Å². The van der Waals surface area contributed by atoms with E-state index in [2.05, 4.69) is 41.9 Å². The highest BCUT2D eigenvalue weighted by Gasteiger charge is 2.47. The first-order valence-electron chi connectivity index (χ1n) is 17.5. The van der Waals surface area contributed by atoms with Gasteiger partial charge in [0, 0.05) is 36.0 Å². The number of aromatic amines is 1. The van der Waals surface area contributed by atoms with Crippen LogP contribution in [0.15, 0.2) is 72.8 Å². The summed E-state index contributed by atoms with van der Waals surface area (Å²) in [6.07, 6.45) is 3.84. The van der Waals surface area contributed by atoms with E-state index in [4.69, 9.17) is 9.47 Å². The number of H-pyrrole nitrogens is 1. The molecular weight excluding hydrogens is 648 g/mol. The molecule has 1 aliphatic carbocycles. The lowest BCUT2D eigenvalue weighted by Gasteiger charge is -2.28. The summed E-state index contributed by atoms with van der Waals surface area (Å²) < 4.78 is 11.5. The Morgan fingerprint density at radius 2 is 1.63 bits per heavy atom. The number of benzene rings is 3. The lowest BCUT2D eigenvalue weighted by atomic mass is 9.80. The number of nitrogens with one attached hydrogen (secondary N) is 5. The van der Waals surface area contributed by atoms with E-state index >= 15 is 0 Å². The van der Waals surface area contributed by atoms with Crippen molar-refractivity contribution < 1.29 is 23.9 Å². The summed E-state index contributed by atoms with van der Waals surface area (Å²) in [5.41, 5.74) is 4.50. The number of anilines is 2. The Balaban J connectivity index is 1.09. The summed E-state index contributed by atoms with van der Waals surface area (Å²) >= 11 is 0. The smallest absolute Gasteiger partial charge is 0.407 e. The number of alkyl carbamates (subject to hydrolysis) is 1. The van der Waals surface area contributed by atoms with Crippen LogP contribution in [0.5, 0.6) is 0 Å². The molecule has 1 saturated heterocycles. The molecule has 3 atom stereocenters. The van der Waals surface area contributed by atoms with Crippen LogP contribution in [-0.4, -0.2) is 69.1 Å². The number of hydrogen-bond donors (Lipinski definition) is 5. The largest absolute Gasteiger partial charge is 0.444 e. The number of epoxide rings is 1. The van der Waals surface area contributed by atoms with Gasteiger partial charge in [-0.25, -0.2) is 4.79 Å². The zero-order valence-electron chi connectivity index (χ0n) is 29.4. The van der Waals surface area contributed by atoms with E-state index in [1.807, 2.05) is 93.6 Å². The third-order valence-electron chi connectivity index (χ3n) is 9.20. The van der Waals surface area contributed by atoms with Crippen molar-refractivity contribution in [1.29, 1.82) is 0 Å². The van der Waals surface area contributed by atoms with E-state index in [-0.39, 0.29) is 30.2 Å². The molecule has 1 saturated carbocycles. The number of ether oxygens (including phenoxy) is 2. The molecule has 51 heavy (non-hydrogen) atoms. The normalized spacial score (nSPS) is 20.5. The number of amides is 3. The van der Waals surface area contributed by atoms with Gasteiger partial charge in [0.05, 0.1) is 6.04 Å². The zero-order chi connectivity index (χ0) is 36.0. The standard InChI is InChI=1S/C38H46N8O5/c1-23(47)40-31-8-6-5-7-30(31)26-13-9-24(10-14-26)21-32(35(48)41-29-19-17-28(18-20-29)34-43-45-46-44-34)42-36-33(50-36)27-15-11-25(12-16-27)22-39-37(49)51-38(2,3)4/h5-10,13-14,17-20,25,27,32-33,36,42H,11-12,15-16,21-22H2,1-4H3,(H,39,49)(H,40,47)(H,41,48)(H,43,44,45,46). The molecule has 13 nitrogen and oxygen atoms in total. The van der Waals surface area contributed by atoms with Crippen molar-refractivity contribution >= 4 is 29.3 Å². The van der Waals surface area contributed by atoms with Crippen LogP contribution in [0.3, 0.4) is 0 Å². The van der Waals surface area contributed by atoms with Crippen LogP contribution in [-0.2, 0) is 25.5 Å². The topological polar surface area (TPSA) is 176 Å². The number of carbonyl (C=O) groups is 3. The second kappa shape index (κ2) is 15.8. The molecule has 6 rings (SSSR count). The Labute approximate surface area is 297 Å². The highest BCUT2D eigenvalue weighted by atomic mass is 16.6. The average Bonchev–Trinajstić information content (AvgIpc) is 3.64. The van der Waals surface area contributed by atoms with Crippen molar-refractivity contribution in [3.8, 4) is 22.5 Å². The molecule has 2 heterocycles. The van der Waals surface area contributed by atoms with Gasteiger partial charge in [-0.1, -0.05) is 42.5 Å². The molecule has 3 aromatic carbocycles. The van der Waals surface area contributed by atoms with Crippen LogP contribution in [0.25, 0.3) is 22.5 Å². The second-order valence-corrected chi connectivity index (χ2v) is 14.3. The summed E-state index contributed by atoms with van der Waals surface area (Å²) in [6.45, 7) is 7.66. The maximum Gasteiger partial charge on any atom is 0.407 e. The number of nitrogens with zero attached hydrogens (tertiary/aromatic N) is 3. The quantitative estimate of drug-likeness (QED) is 0.117. The van der Waals surface area contributed by atoms with Gasteiger partial charge in [0.15, 0.2) is 0 Å². The molecule has 1 aliphatic heterocycles. The maximum atomic E-state index is 13.8. The first kappa shape index (κ1) is 35.7. The van der Waals surface area contributed by atoms with E-state index in [0.717, 1.165) is 53.6 Å². The maximum absolute atomic E-state index is 13.8. The molecule has 0 bridgehead atoms. The predicted molar refractivity (Wildman–Crippen MR) is 193 cm³/mol. The summed E-state index contributed by atoms with van der Waals surface area (Å²) in [7, 11) is 0. The molecule has 5 N–H and O–H groups in total. The molecule has 2 aliphatic rings. The lowest BCUT2D eigenvalue weighted by Crippen LogP contribution is -2.44. The van der Waals surface area contributed by atoms with E-state index in [0.29, 0.717) is 36.3 Å². The monoisotopic (exact) mass is 694 g/mol. The summed E-state index contributed by atoms with van der Waals surface area (Å²) in [5.74, 6) is 0.948. The fourth-order valence-electron chi connectivity index (χ4n) is 6.61. The van der Waals surface area contributed by atoms with E-state index < -0.39 is 11.6 Å². The van der Waals surface area contributed by atoms with Gasteiger partial charge in [-0.05, 0) is 111 Å². The van der Waals surface area contributed by atoms with Crippen molar-refractivity contribution in [2.24, 2.45) is 11.8 Å². The third-order valence-corrected chi connectivity index (χ3v) is 9.20. The van der Waals surface area contributed by atoms with Gasteiger partial charge in [-0.2, -0.15) is 5.21 Å². The van der Waals surface area contributed by atoms with Gasteiger partial charge >= 0.3 is 6.09 Å². The van der Waals surface area contributed by atoms with Gasteiger partial charge in [-0.15, -0.1) is 10.2 Å². The van der Waals surface area contributed by atoms with E-state index in [1.165, 1.54) is 6.92 Å². The SMILES string of the molecule is CC(=O)Nc1ccccc1-c1ccc(CC(NC2OC2C2CCC(CNC(=O)OC(C)(C)C)CC2)C(=O)Nc2ccc(-c3nn[nH]n3)cc2)cc1. The molecule has 4 aromatic rings. The highest BCUT2D eigenvalue weighted by Crippen LogP contribution is 2.39. The van der Waals surface area contributed by atoms with Gasteiger partial charge < -0.3 is 25.4 Å². The molecular formula is C38H46N8O5. The molecule has 1 aromatic heterocycles. The number of tetrazole rings is 1. The van der Waals surface area contributed by atoms with Gasteiger partial charge in [0.1, 0.15) is 17.9 Å². The van der Waals surface area contributed by atoms with Gasteiger partial charge in [-0.3, -0.25) is 14.9 Å². The number of aromatic nitrogens is 4. The van der Waals surface area contributed by atoms with Crippen molar-refractivity contribution in [3.63, 3.8) is 0 Å². The number of hydrogen-bond acceptors (Lipinski definition) is 9. The molecule has 3 unspecified atom stereocenters. The molecule has 3 amide bonds. The van der Waals surface area contributed by atoms with Crippen LogP contribution in [0.1, 0.15) is 58.9 Å². The van der Waals surface area contributed by atoms with Crippen molar-refractivity contribution in [1.82, 2.24) is 31.3 Å². The van der Waals surface area contributed by atoms with Crippen molar-refractivity contribution in [3.05, 3.63) is 78.4 Å².